The molecule has 0 aliphatic carbocycles. The van der Waals surface area contributed by atoms with Gasteiger partial charge >= 0.3 is 0 Å². The van der Waals surface area contributed by atoms with Crippen LogP contribution in [0.2, 0.25) is 0 Å². The number of aromatic amines is 1. The number of hydrogen-bond donors (Lipinski definition) is 1. The molecule has 0 unspecified atom stereocenters. The molecule has 1 aromatic heterocycles. The summed E-state index contributed by atoms with van der Waals surface area (Å²) in [5.41, 5.74) is 1.95. The molecule has 4 heterocycles. The zero-order chi connectivity index (χ0) is 15.6. The first-order valence-corrected chi connectivity index (χ1v) is 8.35. The van der Waals surface area contributed by atoms with Crippen molar-refractivity contribution < 1.29 is 4.79 Å². The molecule has 3 fully saturated rings. The van der Waals surface area contributed by atoms with Crippen LogP contribution in [0.1, 0.15) is 28.9 Å². The summed E-state index contributed by atoms with van der Waals surface area (Å²) in [4.78, 5) is 24.7. The second-order valence-corrected chi connectivity index (χ2v) is 6.68. The molecule has 0 spiro atoms. The van der Waals surface area contributed by atoms with E-state index in [0.29, 0.717) is 12.0 Å². The Morgan fingerprint density at radius 2 is 2.04 bits per heavy atom. The summed E-state index contributed by atoms with van der Waals surface area (Å²) in [6.07, 6.45) is 6.03. The van der Waals surface area contributed by atoms with E-state index in [0.717, 1.165) is 37.4 Å². The van der Waals surface area contributed by atoms with Crippen LogP contribution >= 0.6 is 0 Å². The van der Waals surface area contributed by atoms with Crippen LogP contribution in [-0.4, -0.2) is 51.4 Å². The number of aromatic nitrogens is 2. The third kappa shape index (κ3) is 3.01. The van der Waals surface area contributed by atoms with Crippen LogP contribution in [0.3, 0.4) is 0 Å². The van der Waals surface area contributed by atoms with E-state index in [1.807, 2.05) is 36.5 Å². The van der Waals surface area contributed by atoms with Crippen molar-refractivity contribution in [2.24, 2.45) is 5.92 Å². The van der Waals surface area contributed by atoms with Crippen LogP contribution < -0.4 is 0 Å². The monoisotopic (exact) mass is 310 g/mol. The number of carbonyl (C=O) groups is 1. The molecule has 0 saturated carbocycles. The highest BCUT2D eigenvalue weighted by molar-refractivity contribution is 5.94. The average molecular weight is 310 g/mol. The quantitative estimate of drug-likeness (QED) is 0.945. The highest BCUT2D eigenvalue weighted by atomic mass is 16.2. The summed E-state index contributed by atoms with van der Waals surface area (Å²) in [6.45, 7) is 3.68. The van der Waals surface area contributed by atoms with Gasteiger partial charge in [0.2, 0.25) is 0 Å². The van der Waals surface area contributed by atoms with E-state index in [2.05, 4.69) is 19.8 Å². The van der Waals surface area contributed by atoms with Crippen LogP contribution in [0.25, 0.3) is 0 Å². The van der Waals surface area contributed by atoms with Crippen molar-refractivity contribution in [1.82, 2.24) is 19.8 Å². The van der Waals surface area contributed by atoms with Crippen molar-refractivity contribution in [2.75, 3.05) is 19.6 Å². The first-order valence-electron chi connectivity index (χ1n) is 8.35. The van der Waals surface area contributed by atoms with Gasteiger partial charge in [-0.1, -0.05) is 18.2 Å². The molecular formula is C18H22N4O. The summed E-state index contributed by atoms with van der Waals surface area (Å²) in [6, 6.07) is 10.1. The molecule has 3 aliphatic rings. The number of benzene rings is 1. The number of H-pyrrole nitrogens is 1. The molecule has 1 aromatic carbocycles. The van der Waals surface area contributed by atoms with Crippen LogP contribution in [0, 0.1) is 5.92 Å². The van der Waals surface area contributed by atoms with E-state index in [1.54, 1.807) is 6.33 Å². The minimum absolute atomic E-state index is 0.172. The molecule has 3 saturated heterocycles. The van der Waals surface area contributed by atoms with Crippen molar-refractivity contribution in [3.63, 3.8) is 0 Å². The van der Waals surface area contributed by atoms with E-state index in [9.17, 15) is 4.79 Å². The van der Waals surface area contributed by atoms with Crippen LogP contribution in [0.5, 0.6) is 0 Å². The lowest BCUT2D eigenvalue weighted by Crippen LogP contribution is -2.44. The lowest BCUT2D eigenvalue weighted by Gasteiger charge is -2.35. The molecule has 5 heteroatoms. The molecule has 3 aliphatic heterocycles. The van der Waals surface area contributed by atoms with Crippen molar-refractivity contribution in [3.05, 3.63) is 54.1 Å². The van der Waals surface area contributed by atoms with E-state index in [4.69, 9.17) is 0 Å². The molecule has 0 radical (unpaired) electrons. The average Bonchev–Trinajstić information content (AvgIpc) is 2.93. The Bertz CT molecular complexity index is 655. The molecule has 1 N–H and O–H groups in total. The van der Waals surface area contributed by atoms with Crippen molar-refractivity contribution in [1.29, 1.82) is 0 Å². The van der Waals surface area contributed by atoms with Crippen molar-refractivity contribution >= 4 is 5.91 Å². The standard InChI is InChI=1S/C18H22N4O/c23-18(15-4-2-1-3-5-15)22-10-14-6-7-17(12-22)21(9-14)11-16-8-19-13-20-16/h1-5,8,13-14,17H,6-7,9-12H2,(H,19,20)/t14-,17-/m0/s1. The van der Waals surface area contributed by atoms with Gasteiger partial charge in [-0.3, -0.25) is 9.69 Å². The maximum atomic E-state index is 12.8. The Morgan fingerprint density at radius 1 is 1.17 bits per heavy atom. The molecule has 2 bridgehead atoms. The van der Waals surface area contributed by atoms with Crippen LogP contribution in [0.4, 0.5) is 0 Å². The van der Waals surface area contributed by atoms with Gasteiger partial charge in [0.05, 0.1) is 6.33 Å². The minimum atomic E-state index is 0.172. The van der Waals surface area contributed by atoms with Gasteiger partial charge in [-0.25, -0.2) is 4.98 Å². The Hall–Kier alpha value is -2.14. The Kier molecular flexibility index (Phi) is 3.87. The first-order chi connectivity index (χ1) is 11.3. The number of hydrogen-bond acceptors (Lipinski definition) is 3. The van der Waals surface area contributed by atoms with E-state index in [1.165, 1.54) is 12.8 Å². The Morgan fingerprint density at radius 3 is 2.83 bits per heavy atom. The molecule has 2 atom stereocenters. The maximum absolute atomic E-state index is 12.8. The fourth-order valence-electron chi connectivity index (χ4n) is 3.89. The molecule has 1 amide bonds. The molecule has 23 heavy (non-hydrogen) atoms. The summed E-state index contributed by atoms with van der Waals surface area (Å²) in [7, 11) is 0. The largest absolute Gasteiger partial charge is 0.347 e. The first kappa shape index (κ1) is 14.5. The summed E-state index contributed by atoms with van der Waals surface area (Å²) in [5, 5.41) is 0. The normalized spacial score (nSPS) is 24.6. The van der Waals surface area contributed by atoms with Gasteiger partial charge in [-0.15, -0.1) is 0 Å². The van der Waals surface area contributed by atoms with Crippen molar-refractivity contribution in [3.8, 4) is 0 Å². The number of amides is 1. The summed E-state index contributed by atoms with van der Waals surface area (Å²) >= 11 is 0. The highest BCUT2D eigenvalue weighted by Crippen LogP contribution is 2.29. The lowest BCUT2D eigenvalue weighted by atomic mass is 9.95. The number of fused-ring (bicyclic) bond motifs is 4. The number of nitrogens with zero attached hydrogens (tertiary/aromatic N) is 3. The van der Waals surface area contributed by atoms with Gasteiger partial charge in [0.15, 0.2) is 0 Å². The zero-order valence-corrected chi connectivity index (χ0v) is 13.2. The van der Waals surface area contributed by atoms with Gasteiger partial charge in [0.25, 0.3) is 5.91 Å². The number of piperidine rings is 1. The zero-order valence-electron chi connectivity index (χ0n) is 13.2. The predicted molar refractivity (Wildman–Crippen MR) is 87.9 cm³/mol. The highest BCUT2D eigenvalue weighted by Gasteiger charge is 2.36. The van der Waals surface area contributed by atoms with Crippen molar-refractivity contribution in [2.45, 2.75) is 25.4 Å². The second kappa shape index (κ2) is 6.16. The minimum Gasteiger partial charge on any atom is -0.347 e. The van der Waals surface area contributed by atoms with Gasteiger partial charge in [-0.05, 0) is 30.9 Å². The van der Waals surface area contributed by atoms with Crippen LogP contribution in [-0.2, 0) is 6.54 Å². The number of rotatable bonds is 3. The van der Waals surface area contributed by atoms with Gasteiger partial charge < -0.3 is 9.88 Å². The molecule has 5 nitrogen and oxygen atoms in total. The number of nitrogens with one attached hydrogen (secondary N) is 1. The fourth-order valence-corrected chi connectivity index (χ4v) is 3.89. The molecule has 2 aromatic rings. The second-order valence-electron chi connectivity index (χ2n) is 6.68. The van der Waals surface area contributed by atoms with E-state index >= 15 is 0 Å². The third-order valence-corrected chi connectivity index (χ3v) is 5.06. The topological polar surface area (TPSA) is 52.2 Å². The van der Waals surface area contributed by atoms with Gasteiger partial charge in [0.1, 0.15) is 0 Å². The summed E-state index contributed by atoms with van der Waals surface area (Å²) in [5.74, 6) is 0.746. The molecule has 5 rings (SSSR count). The third-order valence-electron chi connectivity index (χ3n) is 5.06. The number of imidazole rings is 1. The number of carbonyl (C=O) groups excluding carboxylic acids is 1. The van der Waals surface area contributed by atoms with Gasteiger partial charge in [0, 0.05) is 49.7 Å². The Balaban J connectivity index is 1.50. The fraction of sp³-hybridized carbons (Fsp3) is 0.444. The maximum Gasteiger partial charge on any atom is 0.253 e. The molecular weight excluding hydrogens is 288 g/mol. The lowest BCUT2D eigenvalue weighted by molar-refractivity contribution is 0.0735. The van der Waals surface area contributed by atoms with Crippen LogP contribution in [0.15, 0.2) is 42.9 Å². The summed E-state index contributed by atoms with van der Waals surface area (Å²) < 4.78 is 0. The van der Waals surface area contributed by atoms with Gasteiger partial charge in [-0.2, -0.15) is 0 Å². The van der Waals surface area contributed by atoms with E-state index < -0.39 is 0 Å². The molecule has 120 valence electrons. The van der Waals surface area contributed by atoms with E-state index in [-0.39, 0.29) is 5.91 Å². The smallest absolute Gasteiger partial charge is 0.253 e. The predicted octanol–water partition coefficient (Wildman–Crippen LogP) is 2.15. The Labute approximate surface area is 136 Å². The SMILES string of the molecule is O=C(c1ccccc1)N1C[C@H]2CC[C@@H](C1)N(Cc1cnc[nH]1)C2.